The van der Waals surface area contributed by atoms with Gasteiger partial charge in [-0.15, -0.1) is 0 Å². The van der Waals surface area contributed by atoms with Crippen LogP contribution in [-0.4, -0.2) is 27.8 Å². The molecule has 0 bridgehead atoms. The quantitative estimate of drug-likeness (QED) is 0.808. The Morgan fingerprint density at radius 3 is 2.50 bits per heavy atom. The third-order valence-corrected chi connectivity index (χ3v) is 1.91. The number of carbonyl (C=O) groups excluding carboxylic acids is 1. The summed E-state index contributed by atoms with van der Waals surface area (Å²) >= 11 is 5.59. The Labute approximate surface area is 109 Å². The number of rotatable bonds is 2. The molecule has 0 fully saturated rings. The van der Waals surface area contributed by atoms with Gasteiger partial charge in [0.25, 0.3) is 0 Å². The molecule has 0 aromatic carbocycles. The second-order valence-corrected chi connectivity index (χ2v) is 4.85. The summed E-state index contributed by atoms with van der Waals surface area (Å²) < 4.78 is 5.00. The van der Waals surface area contributed by atoms with Crippen molar-refractivity contribution >= 4 is 29.4 Å². The molecule has 2 N–H and O–H groups in total. The number of pyridine rings is 1. The second kappa shape index (κ2) is 5.22. The normalized spacial score (nSPS) is 10.9. The molecule has 0 aliphatic rings. The maximum atomic E-state index is 11.5. The van der Waals surface area contributed by atoms with Crippen LogP contribution in [-0.2, 0) is 4.74 Å². The van der Waals surface area contributed by atoms with Crippen molar-refractivity contribution in [3.8, 4) is 0 Å². The molecule has 1 amide bonds. The first-order chi connectivity index (χ1) is 8.19. The number of nitrogens with one attached hydrogen (secondary N) is 1. The summed E-state index contributed by atoms with van der Waals surface area (Å²) in [5.41, 5.74) is -0.984. The number of aromatic nitrogens is 1. The molecule has 0 saturated carbocycles. The Bertz CT molecular complexity index is 482. The first-order valence-electron chi connectivity index (χ1n) is 5.09. The predicted octanol–water partition coefficient (Wildman–Crippen LogP) is 2.78. The number of anilines is 1. The van der Waals surface area contributed by atoms with Gasteiger partial charge in [0.05, 0.1) is 5.69 Å². The molecular weight excluding hydrogens is 260 g/mol. The molecule has 18 heavy (non-hydrogen) atoms. The average Bonchev–Trinajstić information content (AvgIpc) is 2.17. The molecule has 1 aromatic rings. The van der Waals surface area contributed by atoms with E-state index >= 15 is 0 Å². The van der Waals surface area contributed by atoms with Crippen molar-refractivity contribution in [3.05, 3.63) is 23.0 Å². The number of hydrogen-bond acceptors (Lipinski definition) is 4. The van der Waals surface area contributed by atoms with Crippen molar-refractivity contribution in [1.82, 2.24) is 4.98 Å². The van der Waals surface area contributed by atoms with Crippen molar-refractivity contribution in [2.75, 3.05) is 5.32 Å². The van der Waals surface area contributed by atoms with Crippen LogP contribution in [0.1, 0.15) is 31.3 Å². The van der Waals surface area contributed by atoms with Gasteiger partial charge in [0.1, 0.15) is 10.8 Å². The molecule has 0 atom stereocenters. The van der Waals surface area contributed by atoms with Gasteiger partial charge < -0.3 is 9.84 Å². The third kappa shape index (κ3) is 4.21. The van der Waals surface area contributed by atoms with E-state index < -0.39 is 17.7 Å². The molecule has 98 valence electrons. The van der Waals surface area contributed by atoms with Crippen LogP contribution in [0.25, 0.3) is 0 Å². The molecule has 0 radical (unpaired) electrons. The van der Waals surface area contributed by atoms with Crippen molar-refractivity contribution in [2.45, 2.75) is 26.4 Å². The number of hydrogen-bond donors (Lipinski definition) is 2. The van der Waals surface area contributed by atoms with Crippen molar-refractivity contribution in [1.29, 1.82) is 0 Å². The fraction of sp³-hybridized carbons (Fsp3) is 0.364. The van der Waals surface area contributed by atoms with Gasteiger partial charge >= 0.3 is 12.1 Å². The molecule has 1 rings (SSSR count). The molecule has 0 spiro atoms. The van der Waals surface area contributed by atoms with E-state index in [0.29, 0.717) is 0 Å². The Kier molecular flexibility index (Phi) is 4.13. The number of carboxylic acid groups (broad SMARTS) is 1. The number of halogens is 1. The Morgan fingerprint density at radius 2 is 2.00 bits per heavy atom. The highest BCUT2D eigenvalue weighted by Crippen LogP contribution is 2.18. The van der Waals surface area contributed by atoms with Crippen LogP contribution in [0.4, 0.5) is 10.5 Å². The number of ether oxygens (including phenoxy) is 1. The summed E-state index contributed by atoms with van der Waals surface area (Å²) in [4.78, 5) is 26.0. The topological polar surface area (TPSA) is 88.5 Å². The fourth-order valence-corrected chi connectivity index (χ4v) is 1.26. The summed E-state index contributed by atoms with van der Waals surface area (Å²) in [7, 11) is 0. The maximum Gasteiger partial charge on any atom is 0.412 e. The SMILES string of the molecule is CC(C)(C)OC(=O)Nc1ccc(Cl)nc1C(=O)O. The zero-order valence-corrected chi connectivity index (χ0v) is 10.9. The summed E-state index contributed by atoms with van der Waals surface area (Å²) in [6, 6.07) is 2.73. The monoisotopic (exact) mass is 272 g/mol. The minimum Gasteiger partial charge on any atom is -0.476 e. The molecule has 0 unspecified atom stereocenters. The van der Waals surface area contributed by atoms with E-state index in [9.17, 15) is 9.59 Å². The highest BCUT2D eigenvalue weighted by atomic mass is 35.5. The number of aromatic carboxylic acids is 1. The van der Waals surface area contributed by atoms with Crippen molar-refractivity contribution < 1.29 is 19.4 Å². The van der Waals surface area contributed by atoms with E-state index in [-0.39, 0.29) is 16.5 Å². The van der Waals surface area contributed by atoms with E-state index in [1.54, 1.807) is 20.8 Å². The van der Waals surface area contributed by atoms with Crippen LogP contribution in [0.15, 0.2) is 12.1 Å². The number of nitrogens with zero attached hydrogens (tertiary/aromatic N) is 1. The average molecular weight is 273 g/mol. The van der Waals surface area contributed by atoms with Gasteiger partial charge in [-0.2, -0.15) is 0 Å². The van der Waals surface area contributed by atoms with Gasteiger partial charge in [0.2, 0.25) is 0 Å². The summed E-state index contributed by atoms with van der Waals surface area (Å²) in [6.07, 6.45) is -0.755. The Hall–Kier alpha value is -1.82. The molecule has 0 aliphatic carbocycles. The van der Waals surface area contributed by atoms with Gasteiger partial charge in [-0.25, -0.2) is 14.6 Å². The number of carbonyl (C=O) groups is 2. The molecule has 6 nitrogen and oxygen atoms in total. The Morgan fingerprint density at radius 1 is 1.39 bits per heavy atom. The first-order valence-corrected chi connectivity index (χ1v) is 5.46. The van der Waals surface area contributed by atoms with E-state index in [0.717, 1.165) is 0 Å². The van der Waals surface area contributed by atoms with Crippen LogP contribution in [0.5, 0.6) is 0 Å². The van der Waals surface area contributed by atoms with Crippen molar-refractivity contribution in [3.63, 3.8) is 0 Å². The van der Waals surface area contributed by atoms with E-state index in [4.69, 9.17) is 21.4 Å². The lowest BCUT2D eigenvalue weighted by Crippen LogP contribution is -2.27. The lowest BCUT2D eigenvalue weighted by atomic mass is 10.2. The van der Waals surface area contributed by atoms with Gasteiger partial charge in [-0.3, -0.25) is 5.32 Å². The summed E-state index contributed by atoms with van der Waals surface area (Å²) in [5.74, 6) is -1.29. The van der Waals surface area contributed by atoms with Gasteiger partial charge in [0, 0.05) is 0 Å². The highest BCUT2D eigenvalue weighted by molar-refractivity contribution is 6.29. The van der Waals surface area contributed by atoms with Crippen LogP contribution in [0.2, 0.25) is 5.15 Å². The van der Waals surface area contributed by atoms with E-state index in [1.165, 1.54) is 12.1 Å². The standard InChI is InChI=1S/C11H13ClN2O4/c1-11(2,3)18-10(17)13-6-4-5-7(12)14-8(6)9(15)16/h4-5H,1-3H3,(H,13,17)(H,15,16). The third-order valence-electron chi connectivity index (χ3n) is 1.70. The minimum absolute atomic E-state index is 0.0288. The minimum atomic E-state index is -1.29. The number of amides is 1. The smallest absolute Gasteiger partial charge is 0.412 e. The summed E-state index contributed by atoms with van der Waals surface area (Å²) in [5, 5.41) is 11.3. The lowest BCUT2D eigenvalue weighted by molar-refractivity contribution is 0.0636. The second-order valence-electron chi connectivity index (χ2n) is 4.46. The lowest BCUT2D eigenvalue weighted by Gasteiger charge is -2.19. The fourth-order valence-electron chi connectivity index (χ4n) is 1.11. The number of carboxylic acids is 1. The van der Waals surface area contributed by atoms with E-state index in [2.05, 4.69) is 10.3 Å². The van der Waals surface area contributed by atoms with E-state index in [1.807, 2.05) is 0 Å². The zero-order valence-electron chi connectivity index (χ0n) is 10.2. The molecule has 1 aromatic heterocycles. The predicted molar refractivity (Wildman–Crippen MR) is 66.1 cm³/mol. The molecule has 0 saturated heterocycles. The molecular formula is C11H13ClN2O4. The van der Waals surface area contributed by atoms with Gasteiger partial charge in [0.15, 0.2) is 5.69 Å². The maximum absolute atomic E-state index is 11.5. The van der Waals surface area contributed by atoms with Crippen molar-refractivity contribution in [2.24, 2.45) is 0 Å². The van der Waals surface area contributed by atoms with Crippen LogP contribution >= 0.6 is 11.6 Å². The van der Waals surface area contributed by atoms with Crippen LogP contribution in [0, 0.1) is 0 Å². The zero-order chi connectivity index (χ0) is 13.9. The van der Waals surface area contributed by atoms with Crippen LogP contribution in [0.3, 0.4) is 0 Å². The van der Waals surface area contributed by atoms with Crippen LogP contribution < -0.4 is 5.32 Å². The highest BCUT2D eigenvalue weighted by Gasteiger charge is 2.19. The summed E-state index contributed by atoms with van der Waals surface area (Å²) in [6.45, 7) is 5.10. The molecule has 7 heteroatoms. The Balaban J connectivity index is 2.91. The largest absolute Gasteiger partial charge is 0.476 e. The molecule has 1 heterocycles. The molecule has 0 aliphatic heterocycles. The van der Waals surface area contributed by atoms with Gasteiger partial charge in [-0.05, 0) is 32.9 Å². The van der Waals surface area contributed by atoms with Gasteiger partial charge in [-0.1, -0.05) is 11.6 Å². The first kappa shape index (κ1) is 14.2.